The van der Waals surface area contributed by atoms with Crippen molar-refractivity contribution >= 4 is 17.9 Å². The van der Waals surface area contributed by atoms with E-state index in [9.17, 15) is 14.4 Å². The molecule has 0 aromatic carbocycles. The average Bonchev–Trinajstić information content (AvgIpc) is 2.57. The minimum Gasteiger partial charge on any atom is -0.481 e. The first-order chi connectivity index (χ1) is 12.8. The molecule has 0 heterocycles. The second-order valence-electron chi connectivity index (χ2n) is 5.31. The molecule has 0 fully saturated rings. The number of aliphatic hydroxyl groups excluding tert-OH is 2. The van der Waals surface area contributed by atoms with Crippen LogP contribution < -0.4 is 0 Å². The Balaban J connectivity index is 0. The lowest BCUT2D eigenvalue weighted by atomic mass is 9.95. The molecule has 0 aliphatic heterocycles. The van der Waals surface area contributed by atoms with Gasteiger partial charge in [-0.05, 0) is 6.42 Å². The van der Waals surface area contributed by atoms with Crippen molar-refractivity contribution in [1.29, 1.82) is 0 Å². The molecule has 0 aliphatic carbocycles. The molecule has 0 bridgehead atoms. The van der Waals surface area contributed by atoms with Gasteiger partial charge in [0.05, 0.1) is 52.5 Å². The predicted octanol–water partition coefficient (Wildman–Crippen LogP) is -0.420. The third kappa shape index (κ3) is 16.1. The summed E-state index contributed by atoms with van der Waals surface area (Å²) in [5.74, 6) is -4.39. The Hall–Kier alpha value is -1.79. The molecule has 0 atom stereocenters. The minimum absolute atomic E-state index is 0.0172. The van der Waals surface area contributed by atoms with Crippen LogP contribution in [0.25, 0.3) is 0 Å². The molecule has 0 saturated heterocycles. The van der Waals surface area contributed by atoms with Crippen LogP contribution in [0.3, 0.4) is 0 Å². The number of carboxylic acids is 3. The molecular weight excluding hydrogens is 368 g/mol. The summed E-state index contributed by atoms with van der Waals surface area (Å²) < 4.78 is 14.7. The van der Waals surface area contributed by atoms with E-state index < -0.39 is 36.4 Å². The normalized spacial score (nSPS) is 10.8. The van der Waals surface area contributed by atoms with Crippen LogP contribution in [0, 0.1) is 0 Å². The molecule has 0 unspecified atom stereocenters. The van der Waals surface area contributed by atoms with Gasteiger partial charge in [-0.15, -0.1) is 0 Å². The largest absolute Gasteiger partial charge is 0.481 e. The SMILES string of the molecule is CCCCOC(CC(=O)O)(CC(=O)O)C(=O)O.OCCOCCOCCO. The molecule has 160 valence electrons. The minimum atomic E-state index is -2.19. The van der Waals surface area contributed by atoms with Crippen molar-refractivity contribution in [3.63, 3.8) is 0 Å². The van der Waals surface area contributed by atoms with Crippen LogP contribution >= 0.6 is 0 Å². The number of carboxylic acid groups (broad SMARTS) is 3. The van der Waals surface area contributed by atoms with Crippen LogP contribution in [0.5, 0.6) is 0 Å². The highest BCUT2D eigenvalue weighted by Gasteiger charge is 2.44. The lowest BCUT2D eigenvalue weighted by Gasteiger charge is -2.26. The smallest absolute Gasteiger partial charge is 0.337 e. The lowest BCUT2D eigenvalue weighted by Crippen LogP contribution is -2.45. The van der Waals surface area contributed by atoms with Crippen molar-refractivity contribution in [3.05, 3.63) is 0 Å². The monoisotopic (exact) mass is 398 g/mol. The summed E-state index contributed by atoms with van der Waals surface area (Å²) in [6.45, 7) is 3.59. The molecule has 0 radical (unpaired) electrons. The quantitative estimate of drug-likeness (QED) is 0.213. The summed E-state index contributed by atoms with van der Waals surface area (Å²) >= 11 is 0. The summed E-state index contributed by atoms with van der Waals surface area (Å²) in [6.07, 6.45) is -0.485. The zero-order valence-corrected chi connectivity index (χ0v) is 15.5. The van der Waals surface area contributed by atoms with E-state index in [4.69, 9.17) is 39.7 Å². The fraction of sp³-hybridized carbons (Fsp3) is 0.812. The van der Waals surface area contributed by atoms with Gasteiger partial charge in [-0.2, -0.15) is 0 Å². The third-order valence-corrected chi connectivity index (χ3v) is 2.98. The summed E-state index contributed by atoms with van der Waals surface area (Å²) in [6, 6.07) is 0. The Labute approximate surface area is 157 Å². The maximum atomic E-state index is 11.0. The van der Waals surface area contributed by atoms with Gasteiger partial charge in [-0.1, -0.05) is 13.3 Å². The first kappa shape index (κ1) is 27.4. The van der Waals surface area contributed by atoms with Crippen LogP contribution in [0.1, 0.15) is 32.6 Å². The molecule has 0 aromatic heterocycles. The van der Waals surface area contributed by atoms with Gasteiger partial charge in [0.1, 0.15) is 0 Å². The molecule has 0 saturated carbocycles. The molecule has 0 rings (SSSR count). The zero-order chi connectivity index (χ0) is 21.1. The number of aliphatic hydroxyl groups is 2. The van der Waals surface area contributed by atoms with Crippen LogP contribution in [0.4, 0.5) is 0 Å². The lowest BCUT2D eigenvalue weighted by molar-refractivity contribution is -0.178. The fourth-order valence-electron chi connectivity index (χ4n) is 1.73. The molecule has 0 amide bonds. The van der Waals surface area contributed by atoms with Crippen LogP contribution in [-0.4, -0.2) is 95.3 Å². The van der Waals surface area contributed by atoms with Gasteiger partial charge in [0.2, 0.25) is 0 Å². The van der Waals surface area contributed by atoms with Crippen molar-refractivity contribution in [3.8, 4) is 0 Å². The Bertz CT molecular complexity index is 387. The number of hydrogen-bond acceptors (Lipinski definition) is 8. The molecule has 0 aromatic rings. The molecule has 5 N–H and O–H groups in total. The van der Waals surface area contributed by atoms with E-state index in [1.54, 1.807) is 0 Å². The average molecular weight is 398 g/mol. The van der Waals surface area contributed by atoms with Gasteiger partial charge in [-0.3, -0.25) is 9.59 Å². The molecular formula is C16H30O11. The van der Waals surface area contributed by atoms with Crippen molar-refractivity contribution in [2.24, 2.45) is 0 Å². The Kier molecular flexibility index (Phi) is 17.9. The van der Waals surface area contributed by atoms with E-state index in [0.29, 0.717) is 32.8 Å². The maximum absolute atomic E-state index is 11.0. The summed E-state index contributed by atoms with van der Waals surface area (Å²) in [7, 11) is 0. The molecule has 27 heavy (non-hydrogen) atoms. The van der Waals surface area contributed by atoms with Crippen LogP contribution in [-0.2, 0) is 28.6 Å². The second kappa shape index (κ2) is 17.6. The summed E-state index contributed by atoms with van der Waals surface area (Å²) in [4.78, 5) is 32.2. The van der Waals surface area contributed by atoms with Crippen LogP contribution in [0.15, 0.2) is 0 Å². The maximum Gasteiger partial charge on any atom is 0.337 e. The third-order valence-electron chi connectivity index (χ3n) is 2.98. The van der Waals surface area contributed by atoms with Crippen molar-refractivity contribution < 1.29 is 54.1 Å². The van der Waals surface area contributed by atoms with E-state index in [1.807, 2.05) is 6.92 Å². The van der Waals surface area contributed by atoms with Gasteiger partial charge in [0, 0.05) is 6.61 Å². The first-order valence-electron chi connectivity index (χ1n) is 8.43. The van der Waals surface area contributed by atoms with E-state index in [2.05, 4.69) is 0 Å². The Morgan fingerprint density at radius 3 is 1.52 bits per heavy atom. The zero-order valence-electron chi connectivity index (χ0n) is 15.5. The van der Waals surface area contributed by atoms with Crippen molar-refractivity contribution in [2.75, 3.05) is 46.2 Å². The highest BCUT2D eigenvalue weighted by Crippen LogP contribution is 2.22. The molecule has 0 spiro atoms. The van der Waals surface area contributed by atoms with E-state index in [-0.39, 0.29) is 19.8 Å². The molecule has 11 nitrogen and oxygen atoms in total. The van der Waals surface area contributed by atoms with Gasteiger partial charge in [0.15, 0.2) is 5.60 Å². The Morgan fingerprint density at radius 2 is 1.22 bits per heavy atom. The topological polar surface area (TPSA) is 180 Å². The first-order valence-corrected chi connectivity index (χ1v) is 8.43. The van der Waals surface area contributed by atoms with Crippen LogP contribution in [0.2, 0.25) is 0 Å². The van der Waals surface area contributed by atoms with E-state index in [1.165, 1.54) is 0 Å². The molecule has 0 aliphatic rings. The number of ether oxygens (including phenoxy) is 3. The van der Waals surface area contributed by atoms with Crippen molar-refractivity contribution in [2.45, 2.75) is 38.2 Å². The van der Waals surface area contributed by atoms with Gasteiger partial charge < -0.3 is 39.7 Å². The molecule has 11 heteroatoms. The summed E-state index contributed by atoms with van der Waals surface area (Å²) in [5.41, 5.74) is -2.19. The van der Waals surface area contributed by atoms with Crippen molar-refractivity contribution in [1.82, 2.24) is 0 Å². The van der Waals surface area contributed by atoms with Gasteiger partial charge in [-0.25, -0.2) is 4.79 Å². The second-order valence-corrected chi connectivity index (χ2v) is 5.31. The summed E-state index contributed by atoms with van der Waals surface area (Å²) in [5, 5.41) is 42.8. The van der Waals surface area contributed by atoms with Gasteiger partial charge >= 0.3 is 17.9 Å². The predicted molar refractivity (Wildman–Crippen MR) is 91.5 cm³/mol. The number of hydrogen-bond donors (Lipinski definition) is 5. The van der Waals surface area contributed by atoms with E-state index in [0.717, 1.165) is 6.42 Å². The van der Waals surface area contributed by atoms with Gasteiger partial charge in [0.25, 0.3) is 0 Å². The standard InChI is InChI=1S/C10H16O7.C6H14O4/c1-2-3-4-17-10(9(15)16,5-7(11)12)6-8(13)14;7-1-3-9-5-6-10-4-2-8/h2-6H2,1H3,(H,11,12)(H,13,14)(H,15,16);7-8H,1-6H2. The van der Waals surface area contributed by atoms with E-state index >= 15 is 0 Å². The number of aliphatic carboxylic acids is 3. The number of unbranched alkanes of at least 4 members (excludes halogenated alkanes) is 1. The highest BCUT2D eigenvalue weighted by atomic mass is 16.5. The Morgan fingerprint density at radius 1 is 0.778 bits per heavy atom. The fourth-order valence-corrected chi connectivity index (χ4v) is 1.73. The number of rotatable bonds is 16. The highest BCUT2D eigenvalue weighted by molar-refractivity contribution is 5.88. The number of carbonyl (C=O) groups is 3.